The van der Waals surface area contributed by atoms with Crippen molar-refractivity contribution in [3.63, 3.8) is 0 Å². The van der Waals surface area contributed by atoms with E-state index in [1.165, 1.54) is 30.9 Å². The fourth-order valence-electron chi connectivity index (χ4n) is 5.66. The lowest BCUT2D eigenvalue weighted by Crippen LogP contribution is -2.47. The van der Waals surface area contributed by atoms with E-state index >= 15 is 0 Å². The molecular formula is C32H49FN6O4. The van der Waals surface area contributed by atoms with Crippen LogP contribution in [-0.4, -0.2) is 94.7 Å². The summed E-state index contributed by atoms with van der Waals surface area (Å²) in [4.78, 5) is 28.0. The van der Waals surface area contributed by atoms with Crippen molar-refractivity contribution in [2.45, 2.75) is 90.8 Å². The van der Waals surface area contributed by atoms with Crippen molar-refractivity contribution in [3.05, 3.63) is 42.1 Å². The Balaban J connectivity index is 1.28. The Morgan fingerprint density at radius 3 is 2.49 bits per heavy atom. The van der Waals surface area contributed by atoms with Crippen LogP contribution in [0.5, 0.6) is 11.5 Å². The molecule has 1 atom stereocenters. The minimum absolute atomic E-state index is 0.0462. The topological polar surface area (TPSA) is 103 Å². The van der Waals surface area contributed by atoms with Gasteiger partial charge in [0, 0.05) is 45.3 Å². The van der Waals surface area contributed by atoms with E-state index in [2.05, 4.69) is 25.1 Å². The van der Waals surface area contributed by atoms with Crippen molar-refractivity contribution < 1.29 is 23.8 Å². The van der Waals surface area contributed by atoms with Gasteiger partial charge in [-0.1, -0.05) is 0 Å². The average molecular weight is 601 g/mol. The first-order valence-electron chi connectivity index (χ1n) is 15.5. The predicted octanol–water partition coefficient (Wildman–Crippen LogP) is 4.64. The van der Waals surface area contributed by atoms with Crippen molar-refractivity contribution in [2.75, 3.05) is 44.7 Å². The highest BCUT2D eigenvalue weighted by atomic mass is 19.1. The molecule has 2 fully saturated rings. The Morgan fingerprint density at radius 1 is 1.14 bits per heavy atom. The lowest BCUT2D eigenvalue weighted by Gasteiger charge is -2.37. The van der Waals surface area contributed by atoms with Crippen LogP contribution in [0.1, 0.15) is 77.1 Å². The van der Waals surface area contributed by atoms with Crippen LogP contribution >= 0.6 is 0 Å². The molecule has 11 heteroatoms. The molecule has 2 aliphatic rings. The molecule has 1 aromatic heterocycles. The van der Waals surface area contributed by atoms with Gasteiger partial charge >= 0.3 is 0 Å². The summed E-state index contributed by atoms with van der Waals surface area (Å²) in [6.45, 7) is 14.1. The molecule has 2 aromatic rings. The average Bonchev–Trinajstić information content (AvgIpc) is 2.96. The van der Waals surface area contributed by atoms with E-state index in [0.717, 1.165) is 58.4 Å². The molecule has 0 bridgehead atoms. The molecule has 0 spiro atoms. The molecule has 2 N–H and O–H groups in total. The second-order valence-corrected chi connectivity index (χ2v) is 13.0. The van der Waals surface area contributed by atoms with E-state index in [0.29, 0.717) is 23.5 Å². The molecule has 1 aromatic carbocycles. The van der Waals surface area contributed by atoms with Crippen LogP contribution in [0.4, 0.5) is 10.2 Å². The second-order valence-electron chi connectivity index (χ2n) is 13.0. The Labute approximate surface area is 255 Å². The smallest absolute Gasteiger partial charge is 0.257 e. The molecule has 1 saturated carbocycles. The van der Waals surface area contributed by atoms with Crippen molar-refractivity contribution in [1.29, 1.82) is 0 Å². The Morgan fingerprint density at radius 2 is 1.84 bits per heavy atom. The molecule has 10 nitrogen and oxygen atoms in total. The number of amides is 1. The van der Waals surface area contributed by atoms with Gasteiger partial charge in [0.05, 0.1) is 17.4 Å². The Kier molecular flexibility index (Phi) is 11.3. The molecule has 238 valence electrons. The maximum atomic E-state index is 14.1. The first kappa shape index (κ1) is 33.0. The number of nitrogens with one attached hydrogen (secondary N) is 1. The summed E-state index contributed by atoms with van der Waals surface area (Å²) in [5, 5.41) is 13.4. The summed E-state index contributed by atoms with van der Waals surface area (Å²) in [5.41, 5.74) is -0.220. The Hall–Kier alpha value is -2.86. The van der Waals surface area contributed by atoms with E-state index in [4.69, 9.17) is 9.47 Å². The van der Waals surface area contributed by atoms with Gasteiger partial charge in [-0.05, 0) is 97.4 Å². The second kappa shape index (κ2) is 14.7. The summed E-state index contributed by atoms with van der Waals surface area (Å²) < 4.78 is 25.9. The summed E-state index contributed by atoms with van der Waals surface area (Å²) in [5.74, 6) is 1.26. The lowest BCUT2D eigenvalue weighted by molar-refractivity contribution is -0.186. The van der Waals surface area contributed by atoms with E-state index in [1.807, 2.05) is 34.6 Å². The maximum absolute atomic E-state index is 14.1. The first-order valence-corrected chi connectivity index (χ1v) is 15.5. The van der Waals surface area contributed by atoms with Gasteiger partial charge in [-0.2, -0.15) is 0 Å². The van der Waals surface area contributed by atoms with Crippen LogP contribution in [0.3, 0.4) is 0 Å². The van der Waals surface area contributed by atoms with E-state index in [-0.39, 0.29) is 28.9 Å². The zero-order valence-electron chi connectivity index (χ0n) is 26.6. The number of ether oxygens (including phenoxy) is 2. The molecule has 43 heavy (non-hydrogen) atoms. The fraction of sp³-hybridized carbons (Fsp3) is 0.656. The number of hydrogen-bond acceptors (Lipinski definition) is 9. The van der Waals surface area contributed by atoms with Gasteiger partial charge in [0.2, 0.25) is 6.41 Å². The van der Waals surface area contributed by atoms with Crippen molar-refractivity contribution in [3.8, 4) is 11.5 Å². The van der Waals surface area contributed by atoms with Crippen molar-refractivity contribution in [2.24, 2.45) is 5.92 Å². The van der Waals surface area contributed by atoms with Gasteiger partial charge in [-0.3, -0.25) is 15.0 Å². The number of aliphatic hydroxyl groups excluding tert-OH is 1. The summed E-state index contributed by atoms with van der Waals surface area (Å²) >= 11 is 0. The van der Waals surface area contributed by atoms with Crippen LogP contribution in [0.15, 0.2) is 30.7 Å². The normalized spacial score (nSPS) is 20.7. The molecule has 1 amide bonds. The van der Waals surface area contributed by atoms with Gasteiger partial charge in [0.1, 0.15) is 17.9 Å². The number of aliphatic hydroxyl groups is 1. The molecule has 2 heterocycles. The lowest BCUT2D eigenvalue weighted by atomic mass is 9.84. The maximum Gasteiger partial charge on any atom is 0.257 e. The summed E-state index contributed by atoms with van der Waals surface area (Å²) in [6, 6.07) is 4.23. The first-order chi connectivity index (χ1) is 20.4. The molecule has 1 aliphatic heterocycles. The zero-order chi connectivity index (χ0) is 31.1. The van der Waals surface area contributed by atoms with Gasteiger partial charge in [0.15, 0.2) is 11.6 Å². The van der Waals surface area contributed by atoms with Gasteiger partial charge in [0.25, 0.3) is 5.91 Å². The van der Waals surface area contributed by atoms with Crippen LogP contribution in [-0.2, 0) is 4.74 Å². The number of piperazine rings is 1. The minimum atomic E-state index is -0.926. The van der Waals surface area contributed by atoms with E-state index in [9.17, 15) is 14.3 Å². The minimum Gasteiger partial charge on any atom is -0.451 e. The highest BCUT2D eigenvalue weighted by molar-refractivity contribution is 5.97. The third-order valence-electron chi connectivity index (χ3n) is 8.36. The highest BCUT2D eigenvalue weighted by Gasteiger charge is 2.27. The predicted molar refractivity (Wildman–Crippen MR) is 165 cm³/mol. The number of nitrogens with zero attached hydrogens (tertiary/aromatic N) is 5. The number of benzene rings is 1. The number of anilines is 1. The number of halogens is 1. The van der Waals surface area contributed by atoms with Crippen molar-refractivity contribution >= 4 is 11.7 Å². The third-order valence-corrected chi connectivity index (χ3v) is 8.36. The van der Waals surface area contributed by atoms with Crippen LogP contribution in [0, 0.1) is 11.7 Å². The molecule has 1 unspecified atom stereocenters. The fourth-order valence-corrected chi connectivity index (χ4v) is 5.66. The molecule has 4 rings (SSSR count). The highest BCUT2D eigenvalue weighted by Crippen LogP contribution is 2.33. The number of carbonyl (C=O) groups is 1. The summed E-state index contributed by atoms with van der Waals surface area (Å²) in [6.07, 6.45) is 7.75. The van der Waals surface area contributed by atoms with E-state index in [1.54, 1.807) is 18.1 Å². The largest absolute Gasteiger partial charge is 0.451 e. The molecule has 1 saturated heterocycles. The van der Waals surface area contributed by atoms with E-state index < -0.39 is 12.2 Å². The van der Waals surface area contributed by atoms with Crippen LogP contribution in [0.25, 0.3) is 0 Å². The monoisotopic (exact) mass is 600 g/mol. The van der Waals surface area contributed by atoms with Crippen LogP contribution < -0.4 is 15.0 Å². The quantitative estimate of drug-likeness (QED) is 0.357. The van der Waals surface area contributed by atoms with Crippen LogP contribution in [0.2, 0.25) is 0 Å². The van der Waals surface area contributed by atoms with Gasteiger partial charge in [-0.25, -0.2) is 14.4 Å². The Bertz CT molecular complexity index is 1190. The van der Waals surface area contributed by atoms with Crippen molar-refractivity contribution in [1.82, 2.24) is 25.1 Å². The number of rotatable bonds is 11. The van der Waals surface area contributed by atoms with Gasteiger partial charge < -0.3 is 24.4 Å². The third kappa shape index (κ3) is 9.56. The summed E-state index contributed by atoms with van der Waals surface area (Å²) in [7, 11) is 1.69. The molecular weight excluding hydrogens is 551 g/mol. The number of carbonyl (C=O) groups excluding carboxylic acids is 1. The zero-order valence-corrected chi connectivity index (χ0v) is 26.6. The van der Waals surface area contributed by atoms with Gasteiger partial charge in [-0.15, -0.1) is 0 Å². The standard InChI is InChI=1S/C32H49FN6O4/c1-22(2)37(6)30(40)26-19-24(33)9-12-27(26)42-28-20-34-21-35-29(28)39-17-15-38(16-18-39)14-13-23-7-10-25(11-8-23)36-31(41)43-32(3,4)5/h9,12,19-23,25,31,36,41H,7-8,10-11,13-18H2,1-6H3. The SMILES string of the molecule is CC(C)N(C)C(=O)c1cc(F)ccc1Oc1cncnc1N1CCN(CCC2CCC(NC(O)OC(C)(C)C)CC2)CC1. The number of aromatic nitrogens is 2. The number of hydrogen-bond donors (Lipinski definition) is 2. The molecule has 0 radical (unpaired) electrons. The molecule has 1 aliphatic carbocycles.